The molecular formula is C29H20BrCl2N3O5. The van der Waals surface area contributed by atoms with Gasteiger partial charge in [0.15, 0.2) is 0 Å². The van der Waals surface area contributed by atoms with E-state index in [0.717, 1.165) is 0 Å². The van der Waals surface area contributed by atoms with E-state index < -0.39 is 17.8 Å². The van der Waals surface area contributed by atoms with E-state index in [2.05, 4.69) is 31.8 Å². The number of carbonyl (C=O) groups is 3. The SMILES string of the molecule is COc1ccc(C(=O)Nc2ccccc2C(=O)N/N=C\c2cc(Br)ccc2OC(=O)c2ccc(Cl)cc2Cl)cc1. The highest BCUT2D eigenvalue weighted by molar-refractivity contribution is 9.10. The lowest BCUT2D eigenvalue weighted by atomic mass is 10.1. The number of benzene rings is 4. The number of rotatable bonds is 8. The normalized spacial score (nSPS) is 10.7. The molecule has 0 saturated carbocycles. The standard InChI is InChI=1S/C29H20BrCl2N3O5/c1-39-21-10-6-17(7-11-21)27(36)34-25-5-3-2-4-23(25)28(37)35-33-16-18-14-19(30)8-13-26(18)40-29(38)22-12-9-20(31)15-24(22)32/h2-16H,1H3,(H,34,36)(H,35,37)/b33-16-. The number of esters is 1. The number of ether oxygens (including phenoxy) is 2. The molecule has 0 aromatic heterocycles. The average Bonchev–Trinajstić information content (AvgIpc) is 2.94. The summed E-state index contributed by atoms with van der Waals surface area (Å²) in [6.07, 6.45) is 1.33. The Labute approximate surface area is 248 Å². The highest BCUT2D eigenvalue weighted by Crippen LogP contribution is 2.26. The summed E-state index contributed by atoms with van der Waals surface area (Å²) >= 11 is 15.4. The Balaban J connectivity index is 1.47. The van der Waals surface area contributed by atoms with Gasteiger partial charge in [-0.15, -0.1) is 0 Å². The molecule has 0 radical (unpaired) electrons. The topological polar surface area (TPSA) is 106 Å². The Morgan fingerprint density at radius 2 is 1.62 bits per heavy atom. The smallest absolute Gasteiger partial charge is 0.345 e. The molecule has 0 aliphatic carbocycles. The van der Waals surface area contributed by atoms with Gasteiger partial charge in [-0.25, -0.2) is 10.2 Å². The quantitative estimate of drug-likeness (QED) is 0.0934. The van der Waals surface area contributed by atoms with Crippen LogP contribution in [0.3, 0.4) is 0 Å². The van der Waals surface area contributed by atoms with Crippen LogP contribution in [0.1, 0.15) is 36.6 Å². The second kappa shape index (κ2) is 13.3. The van der Waals surface area contributed by atoms with Gasteiger partial charge in [-0.3, -0.25) is 9.59 Å². The molecule has 0 aliphatic rings. The van der Waals surface area contributed by atoms with Crippen molar-refractivity contribution in [1.82, 2.24) is 5.43 Å². The van der Waals surface area contributed by atoms with E-state index in [1.54, 1.807) is 66.7 Å². The molecule has 11 heteroatoms. The number of hydrogen-bond donors (Lipinski definition) is 2. The van der Waals surface area contributed by atoms with Gasteiger partial charge >= 0.3 is 5.97 Å². The summed E-state index contributed by atoms with van der Waals surface area (Å²) in [6.45, 7) is 0. The van der Waals surface area contributed by atoms with Crippen LogP contribution in [0.2, 0.25) is 10.0 Å². The zero-order chi connectivity index (χ0) is 28.6. The Morgan fingerprint density at radius 1 is 0.875 bits per heavy atom. The number of para-hydroxylation sites is 1. The van der Waals surface area contributed by atoms with Gasteiger partial charge < -0.3 is 14.8 Å². The van der Waals surface area contributed by atoms with Crippen LogP contribution in [0.4, 0.5) is 5.69 Å². The van der Waals surface area contributed by atoms with Crippen molar-refractivity contribution in [3.63, 3.8) is 0 Å². The van der Waals surface area contributed by atoms with E-state index in [0.29, 0.717) is 32.1 Å². The van der Waals surface area contributed by atoms with Crippen LogP contribution < -0.4 is 20.2 Å². The van der Waals surface area contributed by atoms with Gasteiger partial charge in [-0.1, -0.05) is 51.3 Å². The zero-order valence-electron chi connectivity index (χ0n) is 20.8. The van der Waals surface area contributed by atoms with Gasteiger partial charge in [0.1, 0.15) is 11.5 Å². The summed E-state index contributed by atoms with van der Waals surface area (Å²) < 4.78 is 11.3. The van der Waals surface area contributed by atoms with Crippen molar-refractivity contribution in [3.8, 4) is 11.5 Å². The van der Waals surface area contributed by atoms with Crippen molar-refractivity contribution in [2.24, 2.45) is 5.10 Å². The summed E-state index contributed by atoms with van der Waals surface area (Å²) in [5, 5.41) is 7.29. The number of nitrogens with zero attached hydrogens (tertiary/aromatic N) is 1. The van der Waals surface area contributed by atoms with Gasteiger partial charge in [0.25, 0.3) is 11.8 Å². The lowest BCUT2D eigenvalue weighted by molar-refractivity contribution is 0.0734. The molecule has 0 bridgehead atoms. The van der Waals surface area contributed by atoms with E-state index >= 15 is 0 Å². The third-order valence-corrected chi connectivity index (χ3v) is 6.51. The highest BCUT2D eigenvalue weighted by Gasteiger charge is 2.16. The fourth-order valence-corrected chi connectivity index (χ4v) is 4.34. The molecule has 8 nitrogen and oxygen atoms in total. The molecule has 0 atom stereocenters. The lowest BCUT2D eigenvalue weighted by Gasteiger charge is -2.11. The molecular weight excluding hydrogens is 621 g/mol. The average molecular weight is 641 g/mol. The van der Waals surface area contributed by atoms with Crippen molar-refractivity contribution in [2.45, 2.75) is 0 Å². The summed E-state index contributed by atoms with van der Waals surface area (Å²) in [5.74, 6) is -0.851. The first-order chi connectivity index (χ1) is 19.2. The number of amides is 2. The van der Waals surface area contributed by atoms with Crippen molar-refractivity contribution in [2.75, 3.05) is 12.4 Å². The monoisotopic (exact) mass is 639 g/mol. The maximum atomic E-state index is 12.9. The minimum atomic E-state index is -0.691. The third kappa shape index (κ3) is 7.26. The van der Waals surface area contributed by atoms with Gasteiger partial charge in [-0.2, -0.15) is 5.10 Å². The number of carbonyl (C=O) groups excluding carboxylic acids is 3. The highest BCUT2D eigenvalue weighted by atomic mass is 79.9. The number of hydrogen-bond acceptors (Lipinski definition) is 6. The molecule has 202 valence electrons. The first kappa shape index (κ1) is 28.8. The molecule has 4 aromatic carbocycles. The molecule has 4 rings (SSSR count). The van der Waals surface area contributed by atoms with Crippen molar-refractivity contribution in [3.05, 3.63) is 122 Å². The van der Waals surface area contributed by atoms with Gasteiger partial charge in [-0.05, 0) is 72.8 Å². The van der Waals surface area contributed by atoms with Crippen LogP contribution in [0, 0.1) is 0 Å². The van der Waals surface area contributed by atoms with E-state index in [1.165, 1.54) is 31.5 Å². The van der Waals surface area contributed by atoms with Crippen LogP contribution in [-0.4, -0.2) is 31.1 Å². The lowest BCUT2D eigenvalue weighted by Crippen LogP contribution is -2.21. The molecule has 0 saturated heterocycles. The van der Waals surface area contributed by atoms with Crippen LogP contribution in [-0.2, 0) is 0 Å². The van der Waals surface area contributed by atoms with Crippen LogP contribution in [0.5, 0.6) is 11.5 Å². The Bertz CT molecular complexity index is 1610. The first-order valence-electron chi connectivity index (χ1n) is 11.6. The van der Waals surface area contributed by atoms with Gasteiger partial charge in [0, 0.05) is 20.6 Å². The maximum Gasteiger partial charge on any atom is 0.345 e. The number of hydrazone groups is 1. The predicted octanol–water partition coefficient (Wildman–Crippen LogP) is 7.00. The number of methoxy groups -OCH3 is 1. The van der Waals surface area contributed by atoms with E-state index in [4.69, 9.17) is 32.7 Å². The third-order valence-electron chi connectivity index (χ3n) is 5.47. The number of anilines is 1. The summed E-state index contributed by atoms with van der Waals surface area (Å²) in [4.78, 5) is 38.3. The molecule has 0 unspecified atom stereocenters. The molecule has 0 spiro atoms. The fourth-order valence-electron chi connectivity index (χ4n) is 3.47. The molecule has 2 amide bonds. The molecule has 40 heavy (non-hydrogen) atoms. The largest absolute Gasteiger partial charge is 0.497 e. The van der Waals surface area contributed by atoms with E-state index in [1.807, 2.05) is 0 Å². The van der Waals surface area contributed by atoms with E-state index in [9.17, 15) is 14.4 Å². The second-order valence-electron chi connectivity index (χ2n) is 8.12. The number of halogens is 3. The molecule has 0 heterocycles. The van der Waals surface area contributed by atoms with Crippen LogP contribution >= 0.6 is 39.1 Å². The predicted molar refractivity (Wildman–Crippen MR) is 158 cm³/mol. The summed E-state index contributed by atoms with van der Waals surface area (Å²) in [5.41, 5.74) is 3.86. The molecule has 2 N–H and O–H groups in total. The second-order valence-corrected chi connectivity index (χ2v) is 9.88. The number of nitrogens with one attached hydrogen (secondary N) is 2. The zero-order valence-corrected chi connectivity index (χ0v) is 23.9. The molecule has 0 fully saturated rings. The van der Waals surface area contributed by atoms with Gasteiger partial charge in [0.2, 0.25) is 0 Å². The van der Waals surface area contributed by atoms with Crippen molar-refractivity contribution in [1.29, 1.82) is 0 Å². The fraction of sp³-hybridized carbons (Fsp3) is 0.0345. The van der Waals surface area contributed by atoms with Crippen molar-refractivity contribution >= 4 is 68.8 Å². The Kier molecular flexibility index (Phi) is 9.55. The summed E-state index contributed by atoms with van der Waals surface area (Å²) in [6, 6.07) is 22.4. The minimum absolute atomic E-state index is 0.137. The molecule has 0 aliphatic heterocycles. The molecule has 4 aromatic rings. The van der Waals surface area contributed by atoms with Crippen LogP contribution in [0.25, 0.3) is 0 Å². The van der Waals surface area contributed by atoms with Crippen molar-refractivity contribution < 1.29 is 23.9 Å². The minimum Gasteiger partial charge on any atom is -0.497 e. The summed E-state index contributed by atoms with van der Waals surface area (Å²) in [7, 11) is 1.54. The van der Waals surface area contributed by atoms with E-state index in [-0.39, 0.29) is 21.9 Å². The van der Waals surface area contributed by atoms with Gasteiger partial charge in [0.05, 0.1) is 35.2 Å². The van der Waals surface area contributed by atoms with Crippen LogP contribution in [0.15, 0.2) is 94.5 Å². The maximum absolute atomic E-state index is 12.9. The Hall–Kier alpha value is -4.18. The first-order valence-corrected chi connectivity index (χ1v) is 13.1. The Morgan fingerprint density at radius 3 is 2.35 bits per heavy atom.